The molecule has 17 heteroatoms. The molecule has 145 heavy (non-hydrogen) atoms. The second kappa shape index (κ2) is 54.7. The fourth-order valence-electron chi connectivity index (χ4n) is 15.1. The van der Waals surface area contributed by atoms with Gasteiger partial charge in [-0.1, -0.05) is 242 Å². The van der Waals surface area contributed by atoms with E-state index in [1.54, 1.807) is 12.1 Å². The highest BCUT2D eigenvalue weighted by Crippen LogP contribution is 2.40. The van der Waals surface area contributed by atoms with Crippen molar-refractivity contribution in [1.82, 2.24) is 0 Å². The lowest BCUT2D eigenvalue weighted by Crippen LogP contribution is -2.05. The van der Waals surface area contributed by atoms with Gasteiger partial charge in [0, 0.05) is 21.4 Å². The standard InChI is InChI=1S/C27H24IOS.C26H20F3OS.C25H20FOS.C25H20IOS.C25H20IS2/c1-20-3-13-25(14-4-20)30(26-15-5-21(2)6-16-26)27-17-11-24(12-18-27)29-19-22-7-9-23(28)10-8-22;27-26(28,29)21-13-11-20(12-14-21)19-30-22-15-17-25(18-16-22)31(23-7-3-1-4-8-23)24-9-5-2-6-10-24;3*26-21-13-11-20(12-14-21)19-27-22-15-17-25(18-16-22)28(23-7-3-1-4-8-23)24-9-5-2-6-10-24/h3-18H,19H2,1-2H3;1-18H,19H2;3*1-18H,19H2/q5*+1. The molecule has 20 aromatic carbocycles. The van der Waals surface area contributed by atoms with Crippen LogP contribution in [0.4, 0.5) is 17.6 Å². The summed E-state index contributed by atoms with van der Waals surface area (Å²) in [4.78, 5) is 20.7. The number of rotatable bonds is 30. The molecule has 0 bridgehead atoms. The van der Waals surface area contributed by atoms with Crippen LogP contribution in [0.3, 0.4) is 0 Å². The third kappa shape index (κ3) is 32.1. The molecule has 0 aliphatic heterocycles. The van der Waals surface area contributed by atoms with Crippen LogP contribution in [0.5, 0.6) is 23.0 Å². The first-order valence-corrected chi connectivity index (χ1v) is 57.4. The summed E-state index contributed by atoms with van der Waals surface area (Å²) in [5, 5.41) is 0. The topological polar surface area (TPSA) is 36.9 Å². The van der Waals surface area contributed by atoms with Crippen molar-refractivity contribution in [2.24, 2.45) is 0 Å². The van der Waals surface area contributed by atoms with Crippen molar-refractivity contribution in [3.05, 3.63) is 595 Å². The van der Waals surface area contributed by atoms with Crippen molar-refractivity contribution < 1.29 is 36.5 Å². The molecule has 0 spiro atoms. The minimum absolute atomic E-state index is 0.0756. The first-order valence-electron chi connectivity index (χ1n) is 47.0. The SMILES string of the molecule is Cc1ccc([S+](c2ccc(C)cc2)c2ccc(OCc3ccc(I)cc3)cc2)cc1.FC(F)(F)c1ccc(COc2ccc([S+](c3ccccc3)c3ccccc3)cc2)cc1.Fc1ccc(COc2ccc([S+](c3ccccc3)c3ccccc3)cc2)cc1.Ic1ccc(COc2ccc([S+](c3ccccc3)c3ccccc3)cc2)cc1.Ic1ccc(CSc2ccc([S+](c3ccccc3)c3ccccc3)cc2)cc1. The van der Waals surface area contributed by atoms with E-state index in [2.05, 4.69) is 482 Å². The number of ether oxygens (including phenoxy) is 4. The Balaban J connectivity index is 0.000000130. The molecule has 0 saturated carbocycles. The maximum absolute atomic E-state index is 13.0. The maximum atomic E-state index is 13.0. The van der Waals surface area contributed by atoms with Crippen LogP contribution < -0.4 is 18.9 Å². The second-order valence-electron chi connectivity index (χ2n) is 33.2. The van der Waals surface area contributed by atoms with Crippen molar-refractivity contribution in [3.63, 3.8) is 0 Å². The minimum atomic E-state index is -4.33. The fraction of sp³-hybridized carbons (Fsp3) is 0.0625. The van der Waals surface area contributed by atoms with Crippen molar-refractivity contribution in [2.75, 3.05) is 0 Å². The maximum Gasteiger partial charge on any atom is 0.416 e. The zero-order valence-corrected chi connectivity index (χ0v) is 90.9. The van der Waals surface area contributed by atoms with Crippen LogP contribution in [0.25, 0.3) is 0 Å². The van der Waals surface area contributed by atoms with Crippen molar-refractivity contribution >= 4 is 134 Å². The molecule has 20 aromatic rings. The number of benzene rings is 20. The van der Waals surface area contributed by atoms with Gasteiger partial charge in [0.05, 0.1) is 60.0 Å². The van der Waals surface area contributed by atoms with E-state index in [9.17, 15) is 17.6 Å². The molecular weight excluding hydrogens is 2250 g/mol. The highest BCUT2D eigenvalue weighted by atomic mass is 127. The molecular formula is C128H104F4I3O4S6+5. The van der Waals surface area contributed by atoms with Gasteiger partial charge in [-0.05, 0) is 413 Å². The van der Waals surface area contributed by atoms with Gasteiger partial charge in [-0.3, -0.25) is 0 Å². The smallest absolute Gasteiger partial charge is 0.416 e. The molecule has 20 rings (SSSR count). The second-order valence-corrected chi connectivity index (χ2v) is 48.1. The van der Waals surface area contributed by atoms with E-state index in [0.29, 0.717) is 31.1 Å². The van der Waals surface area contributed by atoms with Crippen molar-refractivity contribution in [1.29, 1.82) is 0 Å². The Labute approximate surface area is 909 Å². The zero-order chi connectivity index (χ0) is 100. The molecule has 0 amide bonds. The minimum Gasteiger partial charge on any atom is -0.489 e. The van der Waals surface area contributed by atoms with Crippen LogP contribution in [0.1, 0.15) is 44.5 Å². The summed E-state index contributed by atoms with van der Waals surface area (Å²) in [5.41, 5.74) is 7.26. The summed E-state index contributed by atoms with van der Waals surface area (Å²) >= 11 is 8.88. The average Bonchev–Trinajstić information content (AvgIpc) is 0.961. The van der Waals surface area contributed by atoms with Crippen LogP contribution in [-0.4, -0.2) is 0 Å². The Bertz CT molecular complexity index is 6630. The normalized spacial score (nSPS) is 11.0. The number of halogens is 7. The quantitative estimate of drug-likeness (QED) is 0.0194. The summed E-state index contributed by atoms with van der Waals surface area (Å²) < 4.78 is 78.5. The van der Waals surface area contributed by atoms with Gasteiger partial charge >= 0.3 is 6.18 Å². The van der Waals surface area contributed by atoms with Crippen LogP contribution in [0.2, 0.25) is 0 Å². The summed E-state index contributed by atoms with van der Waals surface area (Å²) in [6.07, 6.45) is -4.33. The summed E-state index contributed by atoms with van der Waals surface area (Å²) in [6.45, 7) is 6.06. The summed E-state index contributed by atoms with van der Waals surface area (Å²) in [6, 6.07) is 182. The third-order valence-corrected chi connectivity index (χ3v) is 37.0. The molecule has 0 aromatic heterocycles. The highest BCUT2D eigenvalue weighted by molar-refractivity contribution is 14.1. The largest absolute Gasteiger partial charge is 0.489 e. The number of aryl methyl sites for hydroxylation is 2. The van der Waals surface area contributed by atoms with Gasteiger partial charge < -0.3 is 18.9 Å². The summed E-state index contributed by atoms with van der Waals surface area (Å²) in [7, 11) is -0.735. The van der Waals surface area contributed by atoms with E-state index in [4.69, 9.17) is 18.9 Å². The van der Waals surface area contributed by atoms with Gasteiger partial charge in [0.1, 0.15) is 55.2 Å². The molecule has 0 saturated heterocycles. The van der Waals surface area contributed by atoms with E-state index in [-0.39, 0.29) is 66.9 Å². The summed E-state index contributed by atoms with van der Waals surface area (Å²) in [5.74, 6) is 4.04. The van der Waals surface area contributed by atoms with Crippen LogP contribution in [-0.2, 0) is 92.8 Å². The van der Waals surface area contributed by atoms with E-state index in [0.717, 1.165) is 40.7 Å². The molecule has 720 valence electrons. The molecule has 0 heterocycles. The van der Waals surface area contributed by atoms with Crippen LogP contribution >= 0.6 is 79.5 Å². The monoisotopic (exact) mass is 2350 g/mol. The van der Waals surface area contributed by atoms with Gasteiger partial charge in [-0.25, -0.2) is 4.39 Å². The Morgan fingerprint density at radius 1 is 0.207 bits per heavy atom. The first kappa shape index (κ1) is 105. The lowest BCUT2D eigenvalue weighted by molar-refractivity contribution is -0.137. The van der Waals surface area contributed by atoms with E-state index in [1.165, 1.54) is 141 Å². The number of hydrogen-bond acceptors (Lipinski definition) is 5. The predicted octanol–water partition coefficient (Wildman–Crippen LogP) is 36.1. The molecule has 0 radical (unpaired) electrons. The van der Waals surface area contributed by atoms with Gasteiger partial charge in [-0.2, -0.15) is 13.2 Å². The molecule has 0 fully saturated rings. The Hall–Kier alpha value is -12.4. The van der Waals surface area contributed by atoms with Crippen molar-refractivity contribution in [3.8, 4) is 23.0 Å². The van der Waals surface area contributed by atoms with E-state index < -0.39 is 11.7 Å². The molecule has 0 aliphatic carbocycles. The van der Waals surface area contributed by atoms with Gasteiger partial charge in [0.25, 0.3) is 0 Å². The Morgan fingerprint density at radius 2 is 0.386 bits per heavy atom. The molecule has 0 N–H and O–H groups in total. The first-order chi connectivity index (χ1) is 71.0. The average molecular weight is 2360 g/mol. The number of alkyl halides is 3. The fourth-order valence-corrected chi connectivity index (χ4v) is 27.5. The number of hydrogen-bond donors (Lipinski definition) is 0. The highest BCUT2D eigenvalue weighted by Gasteiger charge is 2.35. The van der Waals surface area contributed by atoms with Gasteiger partial charge in [0.2, 0.25) is 0 Å². The molecule has 0 unspecified atom stereocenters. The lowest BCUT2D eigenvalue weighted by atomic mass is 10.1. The molecule has 0 atom stereocenters. The van der Waals surface area contributed by atoms with Gasteiger partial charge in [-0.15, -0.1) is 11.8 Å². The Morgan fingerprint density at radius 3 is 0.600 bits per heavy atom. The van der Waals surface area contributed by atoms with E-state index >= 15 is 0 Å². The van der Waals surface area contributed by atoms with Crippen LogP contribution in [0, 0.1) is 30.4 Å². The van der Waals surface area contributed by atoms with E-state index in [1.807, 2.05) is 96.7 Å². The third-order valence-electron chi connectivity index (χ3n) is 22.6. The Kier molecular flexibility index (Phi) is 39.8. The lowest BCUT2D eigenvalue weighted by Gasteiger charge is -2.10. The predicted molar refractivity (Wildman–Crippen MR) is 619 cm³/mol. The molecule has 0 aliphatic rings. The van der Waals surface area contributed by atoms with Crippen LogP contribution in [0.15, 0.2) is 612 Å². The zero-order valence-electron chi connectivity index (χ0n) is 79.6. The van der Waals surface area contributed by atoms with Gasteiger partial charge in [0.15, 0.2) is 73.4 Å². The van der Waals surface area contributed by atoms with Crippen molar-refractivity contribution in [2.45, 2.75) is 131 Å². The molecule has 4 nitrogen and oxygen atoms in total. The number of thioether (sulfide) groups is 1.